The van der Waals surface area contributed by atoms with E-state index in [2.05, 4.69) is 5.32 Å². The number of aliphatic hydroxyl groups is 1. The zero-order valence-corrected chi connectivity index (χ0v) is 14.3. The molecule has 6 nitrogen and oxygen atoms in total. The number of furan rings is 1. The van der Waals surface area contributed by atoms with Gasteiger partial charge in [-0.3, -0.25) is 9.59 Å². The van der Waals surface area contributed by atoms with Gasteiger partial charge in [-0.15, -0.1) is 0 Å². The van der Waals surface area contributed by atoms with E-state index in [1.54, 1.807) is 23.8 Å². The van der Waals surface area contributed by atoms with Gasteiger partial charge in [-0.1, -0.05) is 0 Å². The van der Waals surface area contributed by atoms with Crippen LogP contribution >= 0.6 is 0 Å². The fraction of sp³-hybridized carbons (Fsp3) is 0.444. The minimum absolute atomic E-state index is 0.0763. The molecule has 0 spiro atoms. The predicted octanol–water partition coefficient (Wildman–Crippen LogP) is 1.66. The molecule has 0 aliphatic rings. The molecule has 0 aliphatic heterocycles. The van der Waals surface area contributed by atoms with Crippen molar-refractivity contribution in [2.45, 2.75) is 33.7 Å². The van der Waals surface area contributed by atoms with Crippen molar-refractivity contribution in [1.82, 2.24) is 9.88 Å². The normalized spacial score (nSPS) is 12.2. The largest absolute Gasteiger partial charge is 0.469 e. The topological polar surface area (TPSA) is 84.5 Å². The van der Waals surface area contributed by atoms with Crippen molar-refractivity contribution in [3.05, 3.63) is 57.4 Å². The molecule has 2 N–H and O–H groups in total. The quantitative estimate of drug-likeness (QED) is 0.807. The van der Waals surface area contributed by atoms with Gasteiger partial charge in [0.25, 0.3) is 11.5 Å². The number of aromatic nitrogens is 1. The third-order valence-electron chi connectivity index (χ3n) is 4.13. The number of carbonyl (C=O) groups excluding carboxylic acids is 1. The van der Waals surface area contributed by atoms with Gasteiger partial charge >= 0.3 is 0 Å². The summed E-state index contributed by atoms with van der Waals surface area (Å²) in [7, 11) is 0. The van der Waals surface area contributed by atoms with E-state index in [-0.39, 0.29) is 30.2 Å². The fourth-order valence-electron chi connectivity index (χ4n) is 2.84. The monoisotopic (exact) mass is 332 g/mol. The van der Waals surface area contributed by atoms with Crippen LogP contribution in [-0.4, -0.2) is 28.7 Å². The summed E-state index contributed by atoms with van der Waals surface area (Å²) in [6.07, 6.45) is 2.10. The molecule has 0 fully saturated rings. The number of aliphatic hydroxyl groups excluding tert-OH is 1. The Hall–Kier alpha value is -2.34. The molecule has 1 amide bonds. The van der Waals surface area contributed by atoms with Gasteiger partial charge in [0.1, 0.15) is 11.3 Å². The van der Waals surface area contributed by atoms with Crippen LogP contribution in [0.15, 0.2) is 33.7 Å². The van der Waals surface area contributed by atoms with Crippen molar-refractivity contribution in [2.24, 2.45) is 5.92 Å². The van der Waals surface area contributed by atoms with Crippen LogP contribution in [0, 0.1) is 19.8 Å². The zero-order valence-electron chi connectivity index (χ0n) is 14.3. The van der Waals surface area contributed by atoms with E-state index in [9.17, 15) is 14.7 Å². The number of aryl methyl sites for hydroxylation is 2. The molecular weight excluding hydrogens is 308 g/mol. The molecule has 2 aromatic heterocycles. The second kappa shape index (κ2) is 7.97. The van der Waals surface area contributed by atoms with Crippen molar-refractivity contribution >= 4 is 5.91 Å². The van der Waals surface area contributed by atoms with Crippen molar-refractivity contribution in [3.8, 4) is 0 Å². The Kier molecular flexibility index (Phi) is 5.98. The number of hydrogen-bond donors (Lipinski definition) is 2. The number of carbonyl (C=O) groups is 1. The van der Waals surface area contributed by atoms with E-state index in [0.29, 0.717) is 18.5 Å². The first-order valence-electron chi connectivity index (χ1n) is 8.10. The van der Waals surface area contributed by atoms with E-state index in [0.717, 1.165) is 11.5 Å². The molecule has 0 aromatic carbocycles. The summed E-state index contributed by atoms with van der Waals surface area (Å²) in [6, 6.07) is 5.45. The highest BCUT2D eigenvalue weighted by Crippen LogP contribution is 2.10. The lowest BCUT2D eigenvalue weighted by Crippen LogP contribution is -2.37. The van der Waals surface area contributed by atoms with E-state index < -0.39 is 5.91 Å². The summed E-state index contributed by atoms with van der Waals surface area (Å²) in [6.45, 7) is 6.20. The highest BCUT2D eigenvalue weighted by atomic mass is 16.3. The summed E-state index contributed by atoms with van der Waals surface area (Å²) < 4.78 is 6.84. The van der Waals surface area contributed by atoms with Gasteiger partial charge < -0.3 is 19.4 Å². The molecule has 0 saturated carbocycles. The number of nitrogens with one attached hydrogen (secondary N) is 1. The highest BCUT2D eigenvalue weighted by Gasteiger charge is 2.18. The van der Waals surface area contributed by atoms with Crippen LogP contribution in [0.5, 0.6) is 0 Å². The minimum Gasteiger partial charge on any atom is -0.469 e. The van der Waals surface area contributed by atoms with Crippen LogP contribution in [-0.2, 0) is 13.0 Å². The Balaban J connectivity index is 2.11. The molecule has 1 unspecified atom stereocenters. The molecule has 2 rings (SSSR count). The van der Waals surface area contributed by atoms with Gasteiger partial charge in [-0.05, 0) is 44.5 Å². The van der Waals surface area contributed by atoms with Crippen LogP contribution < -0.4 is 10.9 Å². The Bertz CT molecular complexity index is 747. The van der Waals surface area contributed by atoms with Gasteiger partial charge in [-0.25, -0.2) is 0 Å². The van der Waals surface area contributed by atoms with Crippen molar-refractivity contribution in [3.63, 3.8) is 0 Å². The minimum atomic E-state index is -0.405. The Labute approximate surface area is 141 Å². The third kappa shape index (κ3) is 3.94. The lowest BCUT2D eigenvalue weighted by atomic mass is 10.0. The van der Waals surface area contributed by atoms with Crippen LogP contribution in [0.2, 0.25) is 0 Å². The van der Waals surface area contributed by atoms with E-state index in [1.807, 2.05) is 26.0 Å². The lowest BCUT2D eigenvalue weighted by molar-refractivity contribution is 0.0936. The Morgan fingerprint density at radius 2 is 2.17 bits per heavy atom. The summed E-state index contributed by atoms with van der Waals surface area (Å²) in [5.41, 5.74) is 1.38. The molecule has 0 radical (unpaired) electrons. The summed E-state index contributed by atoms with van der Waals surface area (Å²) >= 11 is 0. The number of pyridine rings is 1. The second-order valence-electron chi connectivity index (χ2n) is 5.94. The number of rotatable bonds is 7. The predicted molar refractivity (Wildman–Crippen MR) is 91.2 cm³/mol. The molecule has 2 aromatic rings. The number of hydrogen-bond acceptors (Lipinski definition) is 4. The molecule has 24 heavy (non-hydrogen) atoms. The highest BCUT2D eigenvalue weighted by molar-refractivity contribution is 5.95. The van der Waals surface area contributed by atoms with Crippen molar-refractivity contribution in [1.29, 1.82) is 0 Å². The zero-order chi connectivity index (χ0) is 17.7. The van der Waals surface area contributed by atoms with Gasteiger partial charge in [0.15, 0.2) is 0 Å². The van der Waals surface area contributed by atoms with E-state index >= 15 is 0 Å². The third-order valence-corrected chi connectivity index (χ3v) is 4.13. The van der Waals surface area contributed by atoms with Crippen LogP contribution in [0.1, 0.15) is 34.3 Å². The molecule has 0 saturated heterocycles. The van der Waals surface area contributed by atoms with Crippen LogP contribution in [0.25, 0.3) is 0 Å². The smallest absolute Gasteiger partial charge is 0.263 e. The van der Waals surface area contributed by atoms with Crippen LogP contribution in [0.3, 0.4) is 0 Å². The van der Waals surface area contributed by atoms with Gasteiger partial charge in [0.2, 0.25) is 0 Å². The van der Waals surface area contributed by atoms with Crippen molar-refractivity contribution in [2.75, 3.05) is 13.2 Å². The number of nitrogens with zero attached hydrogens (tertiary/aromatic N) is 1. The molecule has 0 aliphatic carbocycles. The molecule has 6 heteroatoms. The summed E-state index contributed by atoms with van der Waals surface area (Å²) in [5.74, 6) is 0.181. The summed E-state index contributed by atoms with van der Waals surface area (Å²) in [4.78, 5) is 25.0. The molecular formula is C18H24N2O4. The molecule has 1 atom stereocenters. The first-order valence-corrected chi connectivity index (χ1v) is 8.10. The fourth-order valence-corrected chi connectivity index (χ4v) is 2.84. The van der Waals surface area contributed by atoms with E-state index in [4.69, 9.17) is 4.42 Å². The van der Waals surface area contributed by atoms with Gasteiger partial charge in [0.05, 0.1) is 6.26 Å². The first-order chi connectivity index (χ1) is 11.5. The average Bonchev–Trinajstić information content (AvgIpc) is 3.04. The average molecular weight is 332 g/mol. The molecule has 130 valence electrons. The van der Waals surface area contributed by atoms with Gasteiger partial charge in [-0.2, -0.15) is 0 Å². The standard InChI is InChI=1S/C18H24N2O4/c1-4-20-13(3)8-12(2)16(18(20)23)17(22)19-10-14(11-21)9-15-6-5-7-24-15/h5-8,14,21H,4,9-11H2,1-3H3,(H,19,22). The maximum absolute atomic E-state index is 12.5. The lowest BCUT2D eigenvalue weighted by Gasteiger charge is -2.16. The number of amides is 1. The maximum Gasteiger partial charge on any atom is 0.263 e. The maximum atomic E-state index is 12.5. The first kappa shape index (κ1) is 18.0. The van der Waals surface area contributed by atoms with Crippen LogP contribution in [0.4, 0.5) is 0 Å². The summed E-state index contributed by atoms with van der Waals surface area (Å²) in [5, 5.41) is 12.2. The Morgan fingerprint density at radius 1 is 1.42 bits per heavy atom. The van der Waals surface area contributed by atoms with E-state index in [1.165, 1.54) is 0 Å². The second-order valence-corrected chi connectivity index (χ2v) is 5.94. The SMILES string of the molecule is CCn1c(C)cc(C)c(C(=O)NCC(CO)Cc2ccco2)c1=O. The van der Waals surface area contributed by atoms with Gasteiger partial charge in [0, 0.05) is 37.7 Å². The Morgan fingerprint density at radius 3 is 2.75 bits per heavy atom. The van der Waals surface area contributed by atoms with Crippen molar-refractivity contribution < 1.29 is 14.3 Å². The molecule has 2 heterocycles. The molecule has 0 bridgehead atoms.